The summed E-state index contributed by atoms with van der Waals surface area (Å²) in [6, 6.07) is 5.43. The number of nitrogens with zero attached hydrogens (tertiary/aromatic N) is 2. The molecule has 24 heavy (non-hydrogen) atoms. The van der Waals surface area contributed by atoms with Gasteiger partial charge in [0.25, 0.3) is 5.91 Å². The smallest absolute Gasteiger partial charge is 0.259 e. The number of piperazine rings is 1. The number of halogens is 2. The summed E-state index contributed by atoms with van der Waals surface area (Å²) in [5, 5.41) is 5.81. The molecule has 1 saturated heterocycles. The van der Waals surface area contributed by atoms with E-state index in [0.717, 1.165) is 31.9 Å². The van der Waals surface area contributed by atoms with Crippen LogP contribution in [0, 0.1) is 18.6 Å². The van der Waals surface area contributed by atoms with E-state index in [0.29, 0.717) is 11.9 Å². The number of pyridine rings is 1. The zero-order valence-electron chi connectivity index (χ0n) is 13.3. The first-order chi connectivity index (χ1) is 11.5. The standard InChI is InChI=1S/C17H18F2N4O/c1-11-8-13(15(19)9-14(11)18)17(24)22-16-3-2-12(10-21-16)23-6-4-20-5-7-23/h2-3,8-10,20H,4-7H2,1H3,(H,21,22,24). The van der Waals surface area contributed by atoms with Crippen molar-refractivity contribution in [2.45, 2.75) is 6.92 Å². The minimum atomic E-state index is -0.895. The maximum atomic E-state index is 13.8. The molecule has 3 rings (SSSR count). The van der Waals surface area contributed by atoms with E-state index in [1.54, 1.807) is 12.3 Å². The van der Waals surface area contributed by atoms with Gasteiger partial charge in [-0.05, 0) is 30.7 Å². The van der Waals surface area contributed by atoms with Crippen molar-refractivity contribution in [1.29, 1.82) is 0 Å². The summed E-state index contributed by atoms with van der Waals surface area (Å²) in [7, 11) is 0. The van der Waals surface area contributed by atoms with Crippen molar-refractivity contribution < 1.29 is 13.6 Å². The molecule has 126 valence electrons. The molecule has 5 nitrogen and oxygen atoms in total. The second-order valence-corrected chi connectivity index (χ2v) is 5.67. The van der Waals surface area contributed by atoms with E-state index < -0.39 is 17.5 Å². The average Bonchev–Trinajstić information content (AvgIpc) is 2.59. The topological polar surface area (TPSA) is 57.3 Å². The lowest BCUT2D eigenvalue weighted by molar-refractivity contribution is 0.102. The van der Waals surface area contributed by atoms with Crippen LogP contribution in [-0.4, -0.2) is 37.1 Å². The fourth-order valence-corrected chi connectivity index (χ4v) is 2.58. The van der Waals surface area contributed by atoms with Crippen LogP contribution in [0.3, 0.4) is 0 Å². The second-order valence-electron chi connectivity index (χ2n) is 5.67. The molecule has 1 aliphatic rings. The largest absolute Gasteiger partial charge is 0.368 e. The van der Waals surface area contributed by atoms with E-state index in [4.69, 9.17) is 0 Å². The van der Waals surface area contributed by atoms with Gasteiger partial charge in [-0.1, -0.05) is 0 Å². The Morgan fingerprint density at radius 1 is 1.21 bits per heavy atom. The van der Waals surface area contributed by atoms with Crippen molar-refractivity contribution in [3.63, 3.8) is 0 Å². The highest BCUT2D eigenvalue weighted by Gasteiger charge is 2.16. The fraction of sp³-hybridized carbons (Fsp3) is 0.294. The van der Waals surface area contributed by atoms with Crippen molar-refractivity contribution in [2.24, 2.45) is 0 Å². The Labute approximate surface area is 138 Å². The van der Waals surface area contributed by atoms with E-state index in [1.165, 1.54) is 13.0 Å². The van der Waals surface area contributed by atoms with Gasteiger partial charge in [0, 0.05) is 32.2 Å². The number of aromatic nitrogens is 1. The molecule has 1 aromatic carbocycles. The Morgan fingerprint density at radius 2 is 1.96 bits per heavy atom. The van der Waals surface area contributed by atoms with Crippen LogP contribution in [0.1, 0.15) is 15.9 Å². The van der Waals surface area contributed by atoms with Crippen LogP contribution < -0.4 is 15.5 Å². The van der Waals surface area contributed by atoms with Crippen molar-refractivity contribution in [2.75, 3.05) is 36.4 Å². The molecule has 7 heteroatoms. The Kier molecular flexibility index (Phi) is 4.71. The molecule has 1 aromatic heterocycles. The van der Waals surface area contributed by atoms with E-state index >= 15 is 0 Å². The average molecular weight is 332 g/mol. The molecule has 1 aliphatic heterocycles. The fourth-order valence-electron chi connectivity index (χ4n) is 2.58. The number of nitrogens with one attached hydrogen (secondary N) is 2. The third kappa shape index (κ3) is 3.51. The molecule has 0 radical (unpaired) electrons. The minimum absolute atomic E-state index is 0.207. The van der Waals surface area contributed by atoms with Gasteiger partial charge in [0.05, 0.1) is 17.4 Å². The van der Waals surface area contributed by atoms with Gasteiger partial charge in [-0.25, -0.2) is 13.8 Å². The van der Waals surface area contributed by atoms with E-state index in [2.05, 4.69) is 20.5 Å². The third-order valence-corrected chi connectivity index (χ3v) is 3.96. The lowest BCUT2D eigenvalue weighted by Crippen LogP contribution is -2.43. The summed E-state index contributed by atoms with van der Waals surface area (Å²) in [4.78, 5) is 18.5. The molecular formula is C17H18F2N4O. The molecule has 0 atom stereocenters. The van der Waals surface area contributed by atoms with Crippen molar-refractivity contribution in [3.05, 3.63) is 53.2 Å². The first-order valence-electron chi connectivity index (χ1n) is 7.73. The minimum Gasteiger partial charge on any atom is -0.368 e. The summed E-state index contributed by atoms with van der Waals surface area (Å²) in [6.45, 7) is 5.11. The van der Waals surface area contributed by atoms with Crippen molar-refractivity contribution >= 4 is 17.4 Å². The Bertz CT molecular complexity index is 743. The number of carbonyl (C=O) groups is 1. The van der Waals surface area contributed by atoms with Gasteiger partial charge in [0.2, 0.25) is 0 Å². The van der Waals surface area contributed by atoms with E-state index in [1.807, 2.05) is 6.07 Å². The second kappa shape index (κ2) is 6.92. The highest BCUT2D eigenvalue weighted by Crippen LogP contribution is 2.18. The zero-order chi connectivity index (χ0) is 17.1. The number of aryl methyl sites for hydroxylation is 1. The number of benzene rings is 1. The van der Waals surface area contributed by atoms with Crippen molar-refractivity contribution in [1.82, 2.24) is 10.3 Å². The normalized spacial score (nSPS) is 14.5. The van der Waals surface area contributed by atoms with Crippen LogP contribution in [-0.2, 0) is 0 Å². The molecule has 0 bridgehead atoms. The predicted molar refractivity (Wildman–Crippen MR) is 88.4 cm³/mol. The maximum absolute atomic E-state index is 13.8. The van der Waals surface area contributed by atoms with E-state index in [-0.39, 0.29) is 11.1 Å². The summed E-state index contributed by atoms with van der Waals surface area (Å²) < 4.78 is 27.0. The molecular weight excluding hydrogens is 314 g/mol. The Hall–Kier alpha value is -2.54. The molecule has 1 amide bonds. The molecule has 2 N–H and O–H groups in total. The number of amides is 1. The van der Waals surface area contributed by atoms with Crippen LogP contribution in [0.5, 0.6) is 0 Å². The lowest BCUT2D eigenvalue weighted by atomic mass is 10.1. The molecule has 0 unspecified atom stereocenters. The van der Waals surface area contributed by atoms with Gasteiger partial charge >= 0.3 is 0 Å². The number of anilines is 2. The van der Waals surface area contributed by atoms with Gasteiger partial charge in [-0.15, -0.1) is 0 Å². The quantitative estimate of drug-likeness (QED) is 0.906. The van der Waals surface area contributed by atoms with Crippen LogP contribution in [0.2, 0.25) is 0 Å². The molecule has 0 aliphatic carbocycles. The van der Waals surface area contributed by atoms with Gasteiger partial charge in [0.15, 0.2) is 0 Å². The molecule has 2 aromatic rings. The first kappa shape index (κ1) is 16.3. The van der Waals surface area contributed by atoms with E-state index in [9.17, 15) is 13.6 Å². The monoisotopic (exact) mass is 332 g/mol. The number of carbonyl (C=O) groups excluding carboxylic acids is 1. The SMILES string of the molecule is Cc1cc(C(=O)Nc2ccc(N3CCNCC3)cn2)c(F)cc1F. The van der Waals surface area contributed by atoms with Crippen LogP contribution in [0.4, 0.5) is 20.3 Å². The third-order valence-electron chi connectivity index (χ3n) is 3.96. The summed E-state index contributed by atoms with van der Waals surface area (Å²) >= 11 is 0. The summed E-state index contributed by atoms with van der Waals surface area (Å²) in [6.07, 6.45) is 1.67. The zero-order valence-corrected chi connectivity index (χ0v) is 13.3. The summed E-state index contributed by atoms with van der Waals surface area (Å²) in [5.41, 5.74) is 0.976. The summed E-state index contributed by atoms with van der Waals surface area (Å²) in [5.74, 6) is -1.91. The lowest BCUT2D eigenvalue weighted by Gasteiger charge is -2.29. The van der Waals surface area contributed by atoms with Gasteiger partial charge < -0.3 is 15.5 Å². The molecule has 2 heterocycles. The van der Waals surface area contributed by atoms with Crippen LogP contribution >= 0.6 is 0 Å². The van der Waals surface area contributed by atoms with Crippen LogP contribution in [0.25, 0.3) is 0 Å². The first-order valence-corrected chi connectivity index (χ1v) is 7.73. The molecule has 1 fully saturated rings. The molecule has 0 saturated carbocycles. The maximum Gasteiger partial charge on any atom is 0.259 e. The number of hydrogen-bond donors (Lipinski definition) is 2. The van der Waals surface area contributed by atoms with Crippen molar-refractivity contribution in [3.8, 4) is 0 Å². The van der Waals surface area contributed by atoms with Gasteiger partial charge in [0.1, 0.15) is 17.5 Å². The van der Waals surface area contributed by atoms with Gasteiger partial charge in [-0.3, -0.25) is 4.79 Å². The van der Waals surface area contributed by atoms with Crippen LogP contribution in [0.15, 0.2) is 30.5 Å². The van der Waals surface area contributed by atoms with Gasteiger partial charge in [-0.2, -0.15) is 0 Å². The highest BCUT2D eigenvalue weighted by molar-refractivity contribution is 6.04. The Balaban J connectivity index is 1.71. The highest BCUT2D eigenvalue weighted by atomic mass is 19.1. The number of rotatable bonds is 3. The Morgan fingerprint density at radius 3 is 2.62 bits per heavy atom. The predicted octanol–water partition coefficient (Wildman–Crippen LogP) is 2.33. The number of hydrogen-bond acceptors (Lipinski definition) is 4. The molecule has 0 spiro atoms.